The third-order valence-electron chi connectivity index (χ3n) is 5.11. The van der Waals surface area contributed by atoms with Gasteiger partial charge in [0.2, 0.25) is 0 Å². The Hall–Kier alpha value is -1.00. The average molecular weight is 306 g/mol. The third-order valence-corrected chi connectivity index (χ3v) is 5.33. The maximum atomic E-state index is 13.4. The predicted molar refractivity (Wildman–Crippen MR) is 87.6 cm³/mol. The average Bonchev–Trinajstić information content (AvgIpc) is 2.49. The molecule has 1 saturated heterocycles. The molecule has 1 aromatic carbocycles. The second-order valence-corrected chi connectivity index (χ2v) is 6.93. The van der Waals surface area contributed by atoms with Crippen LogP contribution in [0.15, 0.2) is 18.2 Å². The van der Waals surface area contributed by atoms with Crippen molar-refractivity contribution in [3.63, 3.8) is 0 Å². The van der Waals surface area contributed by atoms with E-state index in [4.69, 9.17) is 18.0 Å². The summed E-state index contributed by atoms with van der Waals surface area (Å²) in [5, 5.41) is 0. The van der Waals surface area contributed by atoms with Crippen LogP contribution in [0.1, 0.15) is 43.2 Å². The largest absolute Gasteiger partial charge is 0.389 e. The quantitative estimate of drug-likeness (QED) is 0.867. The second kappa shape index (κ2) is 6.41. The molecule has 2 fully saturated rings. The van der Waals surface area contributed by atoms with Crippen LogP contribution in [0.3, 0.4) is 0 Å². The summed E-state index contributed by atoms with van der Waals surface area (Å²) < 4.78 is 13.4. The highest BCUT2D eigenvalue weighted by Crippen LogP contribution is 2.36. The molecular weight excluding hydrogens is 283 g/mol. The van der Waals surface area contributed by atoms with Crippen LogP contribution in [0.5, 0.6) is 0 Å². The van der Waals surface area contributed by atoms with Gasteiger partial charge in [0.05, 0.1) is 0 Å². The monoisotopic (exact) mass is 306 g/mol. The lowest BCUT2D eigenvalue weighted by atomic mass is 9.75. The molecule has 2 aliphatic rings. The van der Waals surface area contributed by atoms with Gasteiger partial charge in [-0.05, 0) is 48.9 Å². The Labute approximate surface area is 131 Å². The molecule has 114 valence electrons. The predicted octanol–water partition coefficient (Wildman–Crippen LogP) is 3.47. The van der Waals surface area contributed by atoms with Gasteiger partial charge in [-0.15, -0.1) is 0 Å². The summed E-state index contributed by atoms with van der Waals surface area (Å²) in [6.45, 7) is 3.13. The fourth-order valence-corrected chi connectivity index (χ4v) is 4.17. The summed E-state index contributed by atoms with van der Waals surface area (Å²) in [5.74, 6) is 1.51. The molecule has 0 aromatic heterocycles. The Balaban J connectivity index is 1.71. The SMILES string of the molecule is NC(=S)c1cc(F)ccc1CN1CCC2CCCCC2C1. The fraction of sp³-hybridized carbons (Fsp3) is 0.588. The van der Waals surface area contributed by atoms with Gasteiger partial charge in [-0.25, -0.2) is 4.39 Å². The molecule has 0 amide bonds. The van der Waals surface area contributed by atoms with Gasteiger partial charge < -0.3 is 5.73 Å². The molecule has 2 N–H and O–H groups in total. The minimum absolute atomic E-state index is 0.271. The van der Waals surface area contributed by atoms with Crippen molar-refractivity contribution in [1.82, 2.24) is 4.90 Å². The minimum atomic E-state index is -0.271. The number of fused-ring (bicyclic) bond motifs is 1. The van der Waals surface area contributed by atoms with Gasteiger partial charge in [0.15, 0.2) is 0 Å². The Morgan fingerprint density at radius 3 is 2.76 bits per heavy atom. The van der Waals surface area contributed by atoms with E-state index in [-0.39, 0.29) is 10.8 Å². The van der Waals surface area contributed by atoms with E-state index < -0.39 is 0 Å². The van der Waals surface area contributed by atoms with E-state index in [2.05, 4.69) is 4.90 Å². The fourth-order valence-electron chi connectivity index (χ4n) is 3.98. The van der Waals surface area contributed by atoms with Gasteiger partial charge in [-0.3, -0.25) is 4.90 Å². The van der Waals surface area contributed by atoms with Gasteiger partial charge in [0.1, 0.15) is 10.8 Å². The topological polar surface area (TPSA) is 29.3 Å². The van der Waals surface area contributed by atoms with Crippen LogP contribution >= 0.6 is 12.2 Å². The molecule has 1 aromatic rings. The lowest BCUT2D eigenvalue weighted by Gasteiger charge is -2.41. The Morgan fingerprint density at radius 2 is 2.00 bits per heavy atom. The molecule has 1 aliphatic carbocycles. The van der Waals surface area contributed by atoms with Gasteiger partial charge in [-0.1, -0.05) is 37.5 Å². The van der Waals surface area contributed by atoms with E-state index in [0.29, 0.717) is 5.56 Å². The van der Waals surface area contributed by atoms with E-state index in [9.17, 15) is 4.39 Å². The van der Waals surface area contributed by atoms with Crippen molar-refractivity contribution in [2.45, 2.75) is 38.6 Å². The number of nitrogens with zero attached hydrogens (tertiary/aromatic N) is 1. The smallest absolute Gasteiger partial charge is 0.123 e. The first-order valence-corrected chi connectivity index (χ1v) is 8.35. The van der Waals surface area contributed by atoms with E-state index in [1.54, 1.807) is 0 Å². The van der Waals surface area contributed by atoms with Gasteiger partial charge in [0.25, 0.3) is 0 Å². The zero-order valence-electron chi connectivity index (χ0n) is 12.4. The van der Waals surface area contributed by atoms with Crippen LogP contribution in [-0.2, 0) is 6.54 Å². The van der Waals surface area contributed by atoms with Crippen molar-refractivity contribution in [1.29, 1.82) is 0 Å². The summed E-state index contributed by atoms with van der Waals surface area (Å²) in [7, 11) is 0. The summed E-state index contributed by atoms with van der Waals surface area (Å²) in [6.07, 6.45) is 6.86. The maximum absolute atomic E-state index is 13.4. The molecule has 4 heteroatoms. The molecule has 2 unspecified atom stereocenters. The summed E-state index contributed by atoms with van der Waals surface area (Å²) in [5.41, 5.74) is 7.49. The summed E-state index contributed by atoms with van der Waals surface area (Å²) in [6, 6.07) is 4.80. The molecule has 1 aliphatic heterocycles. The van der Waals surface area contributed by atoms with E-state index in [1.165, 1.54) is 50.8 Å². The third kappa shape index (κ3) is 3.43. The van der Waals surface area contributed by atoms with Crippen LogP contribution in [0, 0.1) is 17.7 Å². The number of nitrogens with two attached hydrogens (primary N) is 1. The molecule has 1 heterocycles. The van der Waals surface area contributed by atoms with Crippen LogP contribution < -0.4 is 5.73 Å². The number of hydrogen-bond acceptors (Lipinski definition) is 2. The lowest BCUT2D eigenvalue weighted by molar-refractivity contribution is 0.0820. The van der Waals surface area contributed by atoms with Crippen LogP contribution in [0.2, 0.25) is 0 Å². The summed E-state index contributed by atoms with van der Waals surface area (Å²) in [4.78, 5) is 2.78. The number of piperidine rings is 1. The van der Waals surface area contributed by atoms with Crippen molar-refractivity contribution < 1.29 is 4.39 Å². The molecule has 0 spiro atoms. The van der Waals surface area contributed by atoms with Gasteiger partial charge >= 0.3 is 0 Å². The normalized spacial score (nSPS) is 26.3. The zero-order chi connectivity index (χ0) is 14.8. The standard InChI is InChI=1S/C17H23FN2S/c18-15-6-5-14(16(9-15)17(19)21)11-20-8-7-12-3-1-2-4-13(12)10-20/h5-6,9,12-13H,1-4,7-8,10-11H2,(H2,19,21). The first-order chi connectivity index (χ1) is 10.1. The number of halogens is 1. The number of rotatable bonds is 3. The molecule has 21 heavy (non-hydrogen) atoms. The molecular formula is C17H23FN2S. The molecule has 1 saturated carbocycles. The van der Waals surface area contributed by atoms with Crippen molar-refractivity contribution in [2.24, 2.45) is 17.6 Å². The van der Waals surface area contributed by atoms with Crippen LogP contribution in [-0.4, -0.2) is 23.0 Å². The van der Waals surface area contributed by atoms with Gasteiger partial charge in [-0.2, -0.15) is 0 Å². The molecule has 2 nitrogen and oxygen atoms in total. The van der Waals surface area contributed by atoms with Crippen molar-refractivity contribution >= 4 is 17.2 Å². The van der Waals surface area contributed by atoms with Crippen LogP contribution in [0.25, 0.3) is 0 Å². The molecule has 2 atom stereocenters. The van der Waals surface area contributed by atoms with Crippen molar-refractivity contribution in [3.05, 3.63) is 35.1 Å². The first-order valence-electron chi connectivity index (χ1n) is 7.94. The van der Waals surface area contributed by atoms with Crippen molar-refractivity contribution in [2.75, 3.05) is 13.1 Å². The number of likely N-dealkylation sites (tertiary alicyclic amines) is 1. The molecule has 3 rings (SSSR count). The Morgan fingerprint density at radius 1 is 1.24 bits per heavy atom. The Kier molecular flexibility index (Phi) is 4.55. The van der Waals surface area contributed by atoms with E-state index in [1.807, 2.05) is 6.07 Å². The molecule has 0 bridgehead atoms. The Bertz CT molecular complexity index is 532. The number of benzene rings is 1. The van der Waals surface area contributed by atoms with Gasteiger partial charge in [0, 0.05) is 18.7 Å². The maximum Gasteiger partial charge on any atom is 0.123 e. The minimum Gasteiger partial charge on any atom is -0.389 e. The number of thiocarbonyl (C=S) groups is 1. The van der Waals surface area contributed by atoms with E-state index in [0.717, 1.165) is 30.5 Å². The highest BCUT2D eigenvalue weighted by Gasteiger charge is 2.31. The van der Waals surface area contributed by atoms with E-state index >= 15 is 0 Å². The number of hydrogen-bond donors (Lipinski definition) is 1. The zero-order valence-corrected chi connectivity index (χ0v) is 13.2. The highest BCUT2D eigenvalue weighted by atomic mass is 32.1. The lowest BCUT2D eigenvalue weighted by Crippen LogP contribution is -2.41. The second-order valence-electron chi connectivity index (χ2n) is 6.49. The molecule has 0 radical (unpaired) electrons. The highest BCUT2D eigenvalue weighted by molar-refractivity contribution is 7.80. The summed E-state index contributed by atoms with van der Waals surface area (Å²) >= 11 is 5.06. The van der Waals surface area contributed by atoms with Crippen LogP contribution in [0.4, 0.5) is 4.39 Å². The van der Waals surface area contributed by atoms with Crippen molar-refractivity contribution in [3.8, 4) is 0 Å². The first kappa shape index (κ1) is 14.9.